The van der Waals surface area contributed by atoms with Crippen LogP contribution in [-0.4, -0.2) is 11.3 Å². The molecule has 1 unspecified atom stereocenters. The van der Waals surface area contributed by atoms with Crippen molar-refractivity contribution in [3.63, 3.8) is 0 Å². The molecule has 66 valence electrons. The Morgan fingerprint density at radius 1 is 1.83 bits per heavy atom. The molecule has 1 atom stereocenters. The Hall–Kier alpha value is -0.280. The van der Waals surface area contributed by atoms with E-state index in [9.17, 15) is 4.79 Å². The fourth-order valence-electron chi connectivity index (χ4n) is 0.871. The first kappa shape index (κ1) is 9.81. The van der Waals surface area contributed by atoms with E-state index in [0.717, 1.165) is 12.0 Å². The Kier molecular flexibility index (Phi) is 2.96. The Bertz CT molecular complexity index is 262. The summed E-state index contributed by atoms with van der Waals surface area (Å²) in [6.07, 6.45) is 5.19. The molecule has 12 heavy (non-hydrogen) atoms. The number of halogens is 2. The van der Waals surface area contributed by atoms with Crippen LogP contribution < -0.4 is 5.32 Å². The lowest BCUT2D eigenvalue weighted by Gasteiger charge is -2.25. The average molecular weight is 251 g/mol. The maximum absolute atomic E-state index is 10.6. The van der Waals surface area contributed by atoms with Crippen molar-refractivity contribution in [3.05, 3.63) is 22.3 Å². The number of rotatable bonds is 2. The number of allylic oxidation sites excluding steroid dienone is 2. The molecule has 0 fully saturated rings. The van der Waals surface area contributed by atoms with Crippen molar-refractivity contribution in [2.45, 2.75) is 18.3 Å². The quantitative estimate of drug-likeness (QED) is 0.463. The van der Waals surface area contributed by atoms with Crippen molar-refractivity contribution < 1.29 is 4.79 Å². The molecule has 0 aromatic heterocycles. The van der Waals surface area contributed by atoms with Crippen molar-refractivity contribution in [2.24, 2.45) is 0 Å². The van der Waals surface area contributed by atoms with E-state index in [2.05, 4.69) is 21.2 Å². The van der Waals surface area contributed by atoms with Gasteiger partial charge in [0, 0.05) is 10.7 Å². The molecule has 2 nitrogen and oxygen atoms in total. The van der Waals surface area contributed by atoms with Crippen LogP contribution in [-0.2, 0) is 4.79 Å². The highest BCUT2D eigenvalue weighted by molar-refractivity contribution is 9.11. The van der Waals surface area contributed by atoms with Crippen LogP contribution in [0.3, 0.4) is 0 Å². The van der Waals surface area contributed by atoms with Gasteiger partial charge in [-0.2, -0.15) is 0 Å². The van der Waals surface area contributed by atoms with Crippen LogP contribution in [0.1, 0.15) is 13.3 Å². The lowest BCUT2D eigenvalue weighted by atomic mass is 10.1. The molecular weight excluding hydrogens is 241 g/mol. The van der Waals surface area contributed by atoms with E-state index in [4.69, 9.17) is 11.6 Å². The van der Waals surface area contributed by atoms with Gasteiger partial charge in [0.1, 0.15) is 0 Å². The molecule has 1 N–H and O–H groups in total. The summed E-state index contributed by atoms with van der Waals surface area (Å²) >= 11 is 9.14. The standard InChI is InChI=1S/C8H9BrClNO/c1-2-6-3-7(9)8(10,5-12)11-4-6/h3-5,11H,2H2,1H3. The first-order chi connectivity index (χ1) is 5.62. The van der Waals surface area contributed by atoms with Crippen molar-refractivity contribution in [1.82, 2.24) is 5.32 Å². The molecule has 0 aromatic carbocycles. The summed E-state index contributed by atoms with van der Waals surface area (Å²) in [7, 11) is 0. The summed E-state index contributed by atoms with van der Waals surface area (Å²) in [6.45, 7) is 2.03. The summed E-state index contributed by atoms with van der Waals surface area (Å²) in [5, 5.41) is 2.82. The van der Waals surface area contributed by atoms with E-state index < -0.39 is 5.00 Å². The Balaban J connectivity index is 2.90. The molecule has 0 saturated carbocycles. The molecule has 0 aromatic rings. The third kappa shape index (κ3) is 1.72. The zero-order chi connectivity index (χ0) is 9.19. The van der Waals surface area contributed by atoms with Crippen LogP contribution in [0.15, 0.2) is 22.3 Å². The number of dihydropyridines is 1. The van der Waals surface area contributed by atoms with Gasteiger partial charge in [-0.05, 0) is 18.1 Å². The smallest absolute Gasteiger partial charge is 0.200 e. The summed E-state index contributed by atoms with van der Waals surface area (Å²) < 4.78 is 0.658. The van der Waals surface area contributed by atoms with Gasteiger partial charge >= 0.3 is 0 Å². The Morgan fingerprint density at radius 2 is 2.50 bits per heavy atom. The largest absolute Gasteiger partial charge is 0.363 e. The molecule has 0 amide bonds. The topological polar surface area (TPSA) is 29.1 Å². The second-order valence-electron chi connectivity index (χ2n) is 2.54. The third-order valence-corrected chi connectivity index (χ3v) is 3.18. The van der Waals surface area contributed by atoms with E-state index in [1.807, 2.05) is 13.0 Å². The van der Waals surface area contributed by atoms with Gasteiger partial charge in [-0.3, -0.25) is 4.79 Å². The molecule has 0 bridgehead atoms. The maximum Gasteiger partial charge on any atom is 0.200 e. The highest BCUT2D eigenvalue weighted by atomic mass is 79.9. The number of hydrogen-bond acceptors (Lipinski definition) is 2. The van der Waals surface area contributed by atoms with Gasteiger partial charge in [0.25, 0.3) is 0 Å². The zero-order valence-corrected chi connectivity index (χ0v) is 8.95. The second-order valence-corrected chi connectivity index (χ2v) is 3.99. The van der Waals surface area contributed by atoms with Gasteiger partial charge in [0.15, 0.2) is 11.3 Å². The van der Waals surface area contributed by atoms with Crippen LogP contribution in [0.25, 0.3) is 0 Å². The molecule has 0 saturated heterocycles. The van der Waals surface area contributed by atoms with Crippen molar-refractivity contribution in [2.75, 3.05) is 0 Å². The minimum atomic E-state index is -1.10. The van der Waals surface area contributed by atoms with Crippen LogP contribution in [0, 0.1) is 0 Å². The van der Waals surface area contributed by atoms with Crippen LogP contribution in [0.5, 0.6) is 0 Å². The molecule has 1 rings (SSSR count). The summed E-state index contributed by atoms with van der Waals surface area (Å²) in [5.74, 6) is 0. The highest BCUT2D eigenvalue weighted by Crippen LogP contribution is 2.30. The minimum absolute atomic E-state index is 0.658. The lowest BCUT2D eigenvalue weighted by Crippen LogP contribution is -2.40. The first-order valence-corrected chi connectivity index (χ1v) is 4.79. The fourth-order valence-corrected chi connectivity index (χ4v) is 1.48. The van der Waals surface area contributed by atoms with Gasteiger partial charge in [-0.15, -0.1) is 0 Å². The highest BCUT2D eigenvalue weighted by Gasteiger charge is 2.31. The minimum Gasteiger partial charge on any atom is -0.363 e. The van der Waals surface area contributed by atoms with E-state index in [-0.39, 0.29) is 0 Å². The number of alkyl halides is 1. The van der Waals surface area contributed by atoms with Gasteiger partial charge in [-0.25, -0.2) is 0 Å². The van der Waals surface area contributed by atoms with Gasteiger partial charge in [-0.1, -0.05) is 34.5 Å². The molecule has 1 aliphatic heterocycles. The molecule has 4 heteroatoms. The predicted molar refractivity (Wildman–Crippen MR) is 53.2 cm³/mol. The second kappa shape index (κ2) is 3.62. The molecule has 0 aliphatic carbocycles. The van der Waals surface area contributed by atoms with Crippen LogP contribution in [0.2, 0.25) is 0 Å². The Labute approximate surface area is 84.8 Å². The molecule has 1 heterocycles. The molecule has 0 spiro atoms. The normalized spacial score (nSPS) is 28.6. The van der Waals surface area contributed by atoms with E-state index in [1.165, 1.54) is 0 Å². The van der Waals surface area contributed by atoms with Gasteiger partial charge in [0.05, 0.1) is 0 Å². The predicted octanol–water partition coefficient (Wildman–Crippen LogP) is 2.30. The monoisotopic (exact) mass is 249 g/mol. The number of nitrogens with one attached hydrogen (secondary N) is 1. The van der Waals surface area contributed by atoms with E-state index in [0.29, 0.717) is 10.8 Å². The number of carbonyl (C=O) groups excluding carboxylic acids is 1. The molecule has 1 aliphatic rings. The van der Waals surface area contributed by atoms with Gasteiger partial charge < -0.3 is 5.32 Å². The van der Waals surface area contributed by atoms with Crippen molar-refractivity contribution >= 4 is 33.8 Å². The summed E-state index contributed by atoms with van der Waals surface area (Å²) in [6, 6.07) is 0. The third-order valence-electron chi connectivity index (χ3n) is 1.70. The number of hydrogen-bond donors (Lipinski definition) is 1. The molecule has 0 radical (unpaired) electrons. The van der Waals surface area contributed by atoms with Crippen LogP contribution >= 0.6 is 27.5 Å². The Morgan fingerprint density at radius 3 is 2.92 bits per heavy atom. The first-order valence-electron chi connectivity index (χ1n) is 3.62. The number of carbonyl (C=O) groups is 1. The van der Waals surface area contributed by atoms with E-state index >= 15 is 0 Å². The lowest BCUT2D eigenvalue weighted by molar-refractivity contribution is -0.109. The van der Waals surface area contributed by atoms with Gasteiger partial charge in [0.2, 0.25) is 0 Å². The fraction of sp³-hybridized carbons (Fsp3) is 0.375. The molecular formula is C8H9BrClNO. The SMILES string of the molecule is CCC1=CNC(Cl)(C=O)C(Br)=C1. The summed E-state index contributed by atoms with van der Waals surface area (Å²) in [4.78, 5) is 9.49. The average Bonchev–Trinajstić information content (AvgIpc) is 2.10. The van der Waals surface area contributed by atoms with E-state index in [1.54, 1.807) is 6.20 Å². The van der Waals surface area contributed by atoms with Crippen LogP contribution in [0.4, 0.5) is 0 Å². The maximum atomic E-state index is 10.6. The van der Waals surface area contributed by atoms with Crippen molar-refractivity contribution in [3.8, 4) is 0 Å². The zero-order valence-electron chi connectivity index (χ0n) is 6.60. The summed E-state index contributed by atoms with van der Waals surface area (Å²) in [5.41, 5.74) is 1.11. The number of aldehydes is 1. The van der Waals surface area contributed by atoms with Crippen molar-refractivity contribution in [1.29, 1.82) is 0 Å².